The number of para-hydroxylation sites is 1. The number of rotatable bonds is 22. The first-order valence-electron chi connectivity index (χ1n) is 21.1. The van der Waals surface area contributed by atoms with Crippen molar-refractivity contribution < 1.29 is 39.3 Å². The van der Waals surface area contributed by atoms with Gasteiger partial charge in [0.2, 0.25) is 29.5 Å². The Balaban J connectivity index is 1.64. The van der Waals surface area contributed by atoms with Gasteiger partial charge in [0.05, 0.1) is 18.1 Å². The molecule has 2 aromatic rings. The summed E-state index contributed by atoms with van der Waals surface area (Å²) in [6.07, 6.45) is 5.83. The van der Waals surface area contributed by atoms with Crippen molar-refractivity contribution in [3.05, 3.63) is 59.8 Å². The highest BCUT2D eigenvalue weighted by atomic mass is 16.5. The lowest BCUT2D eigenvalue weighted by Gasteiger charge is -2.37. The van der Waals surface area contributed by atoms with Crippen LogP contribution in [0.1, 0.15) is 99.5 Å². The summed E-state index contributed by atoms with van der Waals surface area (Å²) in [5, 5.41) is 42.9. The van der Waals surface area contributed by atoms with Gasteiger partial charge < -0.3 is 51.0 Å². The second kappa shape index (κ2) is 21.8. The molecule has 2 heterocycles. The summed E-state index contributed by atoms with van der Waals surface area (Å²) < 4.78 is 2.05. The zero-order chi connectivity index (χ0) is 45.1. The van der Waals surface area contributed by atoms with E-state index in [1.54, 1.807) is 32.0 Å². The first kappa shape index (κ1) is 49.8. The minimum Gasteiger partial charge on any atom is -0.370 e. The Morgan fingerprint density at radius 2 is 1.67 bits per heavy atom. The molecule has 334 valence electrons. The van der Waals surface area contributed by atoms with Gasteiger partial charge in [-0.3, -0.25) is 24.0 Å². The SMILES string of the molecule is CN[C@H](C(=O)NC(CC(C)(C)C)C(=O)N(C)C(/C=C(\C)C(=O)N[C@@H](CCCCNC(=O)CCCN1C(=O)C=CC1O)C(O)O)C(C)C)C(C)(C)c1cn(C)c2ccccc12. The van der Waals surface area contributed by atoms with Crippen LogP contribution in [0, 0.1) is 11.3 Å². The van der Waals surface area contributed by atoms with E-state index in [0.29, 0.717) is 32.2 Å². The highest BCUT2D eigenvalue weighted by Crippen LogP contribution is 2.35. The van der Waals surface area contributed by atoms with Crippen LogP contribution in [0.2, 0.25) is 0 Å². The van der Waals surface area contributed by atoms with Gasteiger partial charge in [0.25, 0.3) is 0 Å². The summed E-state index contributed by atoms with van der Waals surface area (Å²) in [5.41, 5.74) is 1.37. The van der Waals surface area contributed by atoms with E-state index < -0.39 is 48.0 Å². The molecule has 0 radical (unpaired) electrons. The van der Waals surface area contributed by atoms with Gasteiger partial charge in [0.1, 0.15) is 12.3 Å². The van der Waals surface area contributed by atoms with Crippen molar-refractivity contribution in [1.82, 2.24) is 35.6 Å². The van der Waals surface area contributed by atoms with E-state index in [1.807, 2.05) is 73.7 Å². The number of aromatic nitrogens is 1. The van der Waals surface area contributed by atoms with Crippen LogP contribution in [-0.2, 0) is 36.4 Å². The number of benzene rings is 1. The summed E-state index contributed by atoms with van der Waals surface area (Å²) >= 11 is 0. The van der Waals surface area contributed by atoms with Crippen LogP contribution in [-0.4, -0.2) is 123 Å². The summed E-state index contributed by atoms with van der Waals surface area (Å²) in [4.78, 5) is 68.9. The van der Waals surface area contributed by atoms with Crippen molar-refractivity contribution in [2.24, 2.45) is 18.4 Å². The van der Waals surface area contributed by atoms with Crippen LogP contribution in [0.15, 0.2) is 54.3 Å². The molecule has 0 aliphatic carbocycles. The number of nitrogens with zero attached hydrogens (tertiary/aromatic N) is 3. The third kappa shape index (κ3) is 13.5. The third-order valence-corrected chi connectivity index (χ3v) is 11.3. The third-order valence-electron chi connectivity index (χ3n) is 11.3. The Morgan fingerprint density at radius 3 is 2.25 bits per heavy atom. The number of aliphatic hydroxyl groups is 3. The second-order valence-corrected chi connectivity index (χ2v) is 18.2. The number of fused-ring (bicyclic) bond motifs is 1. The minimum absolute atomic E-state index is 0.121. The summed E-state index contributed by atoms with van der Waals surface area (Å²) in [6, 6.07) is 5.01. The number of carbonyl (C=O) groups is 5. The van der Waals surface area contributed by atoms with Crippen LogP contribution in [0.3, 0.4) is 0 Å². The molecule has 1 aliphatic heterocycles. The first-order chi connectivity index (χ1) is 28.0. The van der Waals surface area contributed by atoms with E-state index >= 15 is 0 Å². The molecule has 3 rings (SSSR count). The molecule has 15 heteroatoms. The summed E-state index contributed by atoms with van der Waals surface area (Å²) in [6.45, 7) is 16.2. The summed E-state index contributed by atoms with van der Waals surface area (Å²) in [7, 11) is 5.39. The van der Waals surface area contributed by atoms with Crippen LogP contribution in [0.5, 0.6) is 0 Å². The number of aryl methyl sites for hydroxylation is 1. The quantitative estimate of drug-likeness (QED) is 0.0529. The maximum absolute atomic E-state index is 14.4. The van der Waals surface area contributed by atoms with Gasteiger partial charge in [-0.15, -0.1) is 0 Å². The average molecular weight is 838 g/mol. The van der Waals surface area contributed by atoms with Gasteiger partial charge in [0, 0.05) is 67.8 Å². The van der Waals surface area contributed by atoms with Gasteiger partial charge in [-0.1, -0.05) is 72.7 Å². The molecule has 15 nitrogen and oxygen atoms in total. The molecule has 1 aliphatic rings. The van der Waals surface area contributed by atoms with Crippen molar-refractivity contribution in [3.63, 3.8) is 0 Å². The van der Waals surface area contributed by atoms with Crippen molar-refractivity contribution in [2.45, 2.75) is 136 Å². The Bertz CT molecular complexity index is 1860. The number of likely N-dealkylation sites (N-methyl/N-ethyl adjacent to an activating group) is 2. The van der Waals surface area contributed by atoms with E-state index in [0.717, 1.165) is 16.5 Å². The Kier molecular flexibility index (Phi) is 18.1. The number of nitrogens with one attached hydrogen (secondary N) is 4. The molecular weight excluding hydrogens is 767 g/mol. The van der Waals surface area contributed by atoms with Crippen molar-refractivity contribution >= 4 is 40.4 Å². The Hall–Kier alpha value is -4.57. The maximum atomic E-state index is 14.4. The standard InChI is InChI=1S/C45H71N7O8/c1-28(2)35(25-29(3)40(56)48-32(43(59)60)18-14-15-23-47-36(53)20-16-24-52-37(54)21-22-38(52)55)51(11)42(58)33(26-44(4,5)6)49-41(57)39(46-9)45(7,8)31-27-50(10)34-19-13-12-17-30(31)34/h12-13,17,19,21-22,25,27-28,32-33,35,37,39,43,46,54,59-60H,14-16,18,20,23-24,26H2,1-11H3,(H,47,53)(H,48,56)(H,49,57)/b29-25+/t32-,33?,35?,37?,39+/m0/s1. The normalized spacial score (nSPS) is 16.9. The van der Waals surface area contributed by atoms with Gasteiger partial charge in [-0.05, 0) is 75.1 Å². The van der Waals surface area contributed by atoms with Crippen molar-refractivity contribution in [3.8, 4) is 0 Å². The van der Waals surface area contributed by atoms with Gasteiger partial charge in [-0.25, -0.2) is 0 Å². The molecule has 60 heavy (non-hydrogen) atoms. The predicted octanol–water partition coefficient (Wildman–Crippen LogP) is 2.97. The van der Waals surface area contributed by atoms with Crippen molar-refractivity contribution in [2.75, 3.05) is 27.2 Å². The fraction of sp³-hybridized carbons (Fsp3) is 0.622. The van der Waals surface area contributed by atoms with E-state index in [9.17, 15) is 39.3 Å². The molecule has 3 unspecified atom stereocenters. The molecule has 0 bridgehead atoms. The number of unbranched alkanes of at least 4 members (excludes halogenated alkanes) is 1. The molecule has 1 aromatic heterocycles. The zero-order valence-corrected chi connectivity index (χ0v) is 37.5. The van der Waals surface area contributed by atoms with Gasteiger partial charge in [-0.2, -0.15) is 0 Å². The summed E-state index contributed by atoms with van der Waals surface area (Å²) in [5.74, 6) is -1.73. The molecule has 7 N–H and O–H groups in total. The van der Waals surface area contributed by atoms with E-state index in [4.69, 9.17) is 0 Å². The van der Waals surface area contributed by atoms with E-state index in [1.165, 1.54) is 17.1 Å². The first-order valence-corrected chi connectivity index (χ1v) is 21.1. The minimum atomic E-state index is -1.83. The van der Waals surface area contributed by atoms with E-state index in [2.05, 4.69) is 38.1 Å². The maximum Gasteiger partial charge on any atom is 0.248 e. The highest BCUT2D eigenvalue weighted by molar-refractivity contribution is 5.94. The predicted molar refractivity (Wildman–Crippen MR) is 233 cm³/mol. The molecule has 5 amide bonds. The Morgan fingerprint density at radius 1 is 1.00 bits per heavy atom. The number of amides is 5. The molecule has 0 fully saturated rings. The molecule has 1 aromatic carbocycles. The molecule has 0 saturated heterocycles. The number of carbonyl (C=O) groups excluding carboxylic acids is 5. The second-order valence-electron chi connectivity index (χ2n) is 18.2. The topological polar surface area (TPSA) is 206 Å². The number of aliphatic hydroxyl groups excluding tert-OH is 2. The fourth-order valence-corrected chi connectivity index (χ4v) is 7.91. The van der Waals surface area contributed by atoms with E-state index in [-0.39, 0.29) is 59.9 Å². The van der Waals surface area contributed by atoms with Crippen LogP contribution >= 0.6 is 0 Å². The van der Waals surface area contributed by atoms with Crippen LogP contribution < -0.4 is 21.3 Å². The molecule has 5 atom stereocenters. The number of hydrogen-bond donors (Lipinski definition) is 7. The zero-order valence-electron chi connectivity index (χ0n) is 37.5. The average Bonchev–Trinajstić information content (AvgIpc) is 3.68. The fourth-order valence-electron chi connectivity index (χ4n) is 7.91. The van der Waals surface area contributed by atoms with Crippen LogP contribution in [0.4, 0.5) is 0 Å². The molecule has 0 spiro atoms. The highest BCUT2D eigenvalue weighted by Gasteiger charge is 2.40. The molecule has 0 saturated carbocycles. The lowest BCUT2D eigenvalue weighted by atomic mass is 9.77. The number of hydrogen-bond acceptors (Lipinski definition) is 9. The van der Waals surface area contributed by atoms with Gasteiger partial charge >= 0.3 is 0 Å². The van der Waals surface area contributed by atoms with Gasteiger partial charge in [0.15, 0.2) is 6.29 Å². The monoisotopic (exact) mass is 838 g/mol. The lowest BCUT2D eigenvalue weighted by molar-refractivity contribution is -0.138. The van der Waals surface area contributed by atoms with Crippen LogP contribution in [0.25, 0.3) is 10.9 Å². The lowest BCUT2D eigenvalue weighted by Crippen LogP contribution is -2.59. The largest absolute Gasteiger partial charge is 0.370 e. The van der Waals surface area contributed by atoms with Crippen molar-refractivity contribution in [1.29, 1.82) is 0 Å². The Labute approximate surface area is 356 Å². The molecular formula is C45H71N7O8. The smallest absolute Gasteiger partial charge is 0.248 e.